The summed E-state index contributed by atoms with van der Waals surface area (Å²) in [5.41, 5.74) is 7.27. The van der Waals surface area contributed by atoms with E-state index in [0.717, 1.165) is 5.56 Å². The molecule has 1 unspecified atom stereocenters. The molecule has 0 aromatic heterocycles. The quantitative estimate of drug-likeness (QED) is 0.868. The van der Waals surface area contributed by atoms with E-state index in [1.165, 1.54) is 5.56 Å². The zero-order valence-electron chi connectivity index (χ0n) is 13.2. The topological polar surface area (TPSA) is 63.3 Å². The number of aliphatic carboxylic acids is 1. The van der Waals surface area contributed by atoms with E-state index in [0.29, 0.717) is 6.42 Å². The molecule has 0 saturated carbocycles. The van der Waals surface area contributed by atoms with Crippen LogP contribution < -0.4 is 5.73 Å². The molecule has 0 aliphatic heterocycles. The summed E-state index contributed by atoms with van der Waals surface area (Å²) < 4.78 is 0. The Kier molecular flexibility index (Phi) is 4.98. The van der Waals surface area contributed by atoms with Crippen molar-refractivity contribution in [3.8, 4) is 0 Å². The van der Waals surface area contributed by atoms with Gasteiger partial charge >= 0.3 is 5.97 Å². The molecule has 3 nitrogen and oxygen atoms in total. The van der Waals surface area contributed by atoms with Gasteiger partial charge in [0.1, 0.15) is 0 Å². The van der Waals surface area contributed by atoms with Crippen molar-refractivity contribution < 1.29 is 9.90 Å². The van der Waals surface area contributed by atoms with Gasteiger partial charge in [0.2, 0.25) is 0 Å². The second kappa shape index (κ2) is 5.96. The molecule has 0 aliphatic carbocycles. The van der Waals surface area contributed by atoms with E-state index < -0.39 is 11.4 Å². The van der Waals surface area contributed by atoms with Crippen LogP contribution in [0.5, 0.6) is 0 Å². The molecule has 0 fully saturated rings. The first-order chi connectivity index (χ1) is 9.13. The second-order valence-corrected chi connectivity index (χ2v) is 6.94. The molecule has 0 aliphatic rings. The van der Waals surface area contributed by atoms with E-state index >= 15 is 0 Å². The van der Waals surface area contributed by atoms with Crippen LogP contribution in [0.15, 0.2) is 24.3 Å². The summed E-state index contributed by atoms with van der Waals surface area (Å²) in [5, 5.41) is 9.56. The Labute approximate surface area is 122 Å². The van der Waals surface area contributed by atoms with Crippen LogP contribution in [-0.4, -0.2) is 17.6 Å². The lowest BCUT2D eigenvalue weighted by Gasteiger charge is -2.32. The minimum absolute atomic E-state index is 0.00714. The molecule has 0 heterocycles. The normalized spacial score (nSPS) is 15.2. The molecular formula is C17H27NO2. The van der Waals surface area contributed by atoms with Gasteiger partial charge in [0.05, 0.1) is 5.41 Å². The van der Waals surface area contributed by atoms with Crippen molar-refractivity contribution >= 4 is 5.97 Å². The Morgan fingerprint density at radius 3 is 2.00 bits per heavy atom. The van der Waals surface area contributed by atoms with Crippen molar-refractivity contribution in [2.45, 2.75) is 46.5 Å². The molecule has 112 valence electrons. The van der Waals surface area contributed by atoms with Crippen molar-refractivity contribution in [1.29, 1.82) is 0 Å². The van der Waals surface area contributed by atoms with Crippen molar-refractivity contribution in [2.75, 3.05) is 6.54 Å². The maximum Gasteiger partial charge on any atom is 0.311 e. The average Bonchev–Trinajstić information content (AvgIpc) is 2.34. The summed E-state index contributed by atoms with van der Waals surface area (Å²) in [6.45, 7) is 10.5. The van der Waals surface area contributed by atoms with Crippen molar-refractivity contribution in [3.63, 3.8) is 0 Å². The van der Waals surface area contributed by atoms with Crippen molar-refractivity contribution in [2.24, 2.45) is 17.1 Å². The first-order valence-electron chi connectivity index (χ1n) is 7.16. The molecule has 1 rings (SSSR count). The third kappa shape index (κ3) is 3.40. The highest BCUT2D eigenvalue weighted by Gasteiger charge is 2.40. The largest absolute Gasteiger partial charge is 0.481 e. The first-order valence-corrected chi connectivity index (χ1v) is 7.16. The summed E-state index contributed by atoms with van der Waals surface area (Å²) in [7, 11) is 0. The molecule has 3 N–H and O–H groups in total. The molecule has 0 amide bonds. The second-order valence-electron chi connectivity index (χ2n) is 6.94. The Bertz CT molecular complexity index is 457. The van der Waals surface area contributed by atoms with E-state index in [9.17, 15) is 9.90 Å². The standard InChI is InChI=1S/C17H27NO2/c1-12(2)17(11-18,15(19)20)10-13-6-8-14(9-7-13)16(3,4)5/h6-9,12H,10-11,18H2,1-5H3,(H,19,20). The van der Waals surface area contributed by atoms with Gasteiger partial charge in [-0.25, -0.2) is 0 Å². The van der Waals surface area contributed by atoms with E-state index in [1.807, 2.05) is 26.0 Å². The van der Waals surface area contributed by atoms with E-state index in [1.54, 1.807) is 0 Å². The molecule has 0 radical (unpaired) electrons. The van der Waals surface area contributed by atoms with Crippen LogP contribution in [0.25, 0.3) is 0 Å². The number of hydrogen-bond donors (Lipinski definition) is 2. The summed E-state index contributed by atoms with van der Waals surface area (Å²) in [5.74, 6) is -0.817. The zero-order chi connectivity index (χ0) is 15.6. The van der Waals surface area contributed by atoms with Gasteiger partial charge in [-0.2, -0.15) is 0 Å². The van der Waals surface area contributed by atoms with Gasteiger partial charge in [-0.3, -0.25) is 4.79 Å². The lowest BCUT2D eigenvalue weighted by atomic mass is 9.72. The Balaban J connectivity index is 3.04. The molecule has 3 heteroatoms. The molecule has 1 atom stereocenters. The summed E-state index contributed by atoms with van der Waals surface area (Å²) >= 11 is 0. The third-order valence-electron chi connectivity index (χ3n) is 4.23. The predicted octanol–water partition coefficient (Wildman–Crippen LogP) is 3.21. The molecule has 1 aromatic carbocycles. The number of benzene rings is 1. The lowest BCUT2D eigenvalue weighted by molar-refractivity contribution is -0.151. The SMILES string of the molecule is CC(C)C(CN)(Cc1ccc(C(C)(C)C)cc1)C(=O)O. The van der Waals surface area contributed by atoms with Gasteiger partial charge in [0, 0.05) is 6.54 Å². The molecule has 20 heavy (non-hydrogen) atoms. The highest BCUT2D eigenvalue weighted by molar-refractivity contribution is 5.75. The highest BCUT2D eigenvalue weighted by atomic mass is 16.4. The van der Waals surface area contributed by atoms with E-state index in [-0.39, 0.29) is 17.9 Å². The monoisotopic (exact) mass is 277 g/mol. The minimum atomic E-state index is -0.886. The Morgan fingerprint density at radius 2 is 1.70 bits per heavy atom. The summed E-state index contributed by atoms with van der Waals surface area (Å²) in [6.07, 6.45) is 0.473. The van der Waals surface area contributed by atoms with Gasteiger partial charge < -0.3 is 10.8 Å². The number of rotatable bonds is 5. The fourth-order valence-corrected chi connectivity index (χ4v) is 2.41. The molecule has 0 spiro atoms. The van der Waals surface area contributed by atoms with Gasteiger partial charge in [-0.15, -0.1) is 0 Å². The van der Waals surface area contributed by atoms with Gasteiger partial charge in [0.25, 0.3) is 0 Å². The third-order valence-corrected chi connectivity index (χ3v) is 4.23. The van der Waals surface area contributed by atoms with Crippen LogP contribution in [0.4, 0.5) is 0 Å². The highest BCUT2D eigenvalue weighted by Crippen LogP contribution is 2.32. The van der Waals surface area contributed by atoms with Crippen LogP contribution >= 0.6 is 0 Å². The van der Waals surface area contributed by atoms with Crippen molar-refractivity contribution in [3.05, 3.63) is 35.4 Å². The predicted molar refractivity (Wildman–Crippen MR) is 82.8 cm³/mol. The van der Waals surface area contributed by atoms with Crippen LogP contribution in [0.2, 0.25) is 0 Å². The number of hydrogen-bond acceptors (Lipinski definition) is 2. The Hall–Kier alpha value is -1.35. The number of carboxylic acids is 1. The van der Waals surface area contributed by atoms with Crippen LogP contribution in [0.3, 0.4) is 0 Å². The fourth-order valence-electron chi connectivity index (χ4n) is 2.41. The van der Waals surface area contributed by atoms with E-state index in [4.69, 9.17) is 5.73 Å². The first kappa shape index (κ1) is 16.7. The summed E-state index contributed by atoms with van der Waals surface area (Å²) in [4.78, 5) is 11.6. The van der Waals surface area contributed by atoms with Crippen molar-refractivity contribution in [1.82, 2.24) is 0 Å². The zero-order valence-corrected chi connectivity index (χ0v) is 13.2. The van der Waals surface area contributed by atoms with Crippen LogP contribution in [-0.2, 0) is 16.6 Å². The molecule has 1 aromatic rings. The Morgan fingerprint density at radius 1 is 1.20 bits per heavy atom. The maximum absolute atomic E-state index is 11.6. The van der Waals surface area contributed by atoms with Crippen LogP contribution in [0, 0.1) is 11.3 Å². The minimum Gasteiger partial charge on any atom is -0.481 e. The smallest absolute Gasteiger partial charge is 0.311 e. The lowest BCUT2D eigenvalue weighted by Crippen LogP contribution is -2.45. The summed E-state index contributed by atoms with van der Waals surface area (Å²) in [6, 6.07) is 8.21. The van der Waals surface area contributed by atoms with Gasteiger partial charge in [0.15, 0.2) is 0 Å². The number of carboxylic acid groups (broad SMARTS) is 1. The average molecular weight is 277 g/mol. The van der Waals surface area contributed by atoms with Gasteiger partial charge in [-0.1, -0.05) is 58.9 Å². The van der Waals surface area contributed by atoms with E-state index in [2.05, 4.69) is 32.9 Å². The maximum atomic E-state index is 11.6. The number of carbonyl (C=O) groups is 1. The van der Waals surface area contributed by atoms with Crippen LogP contribution in [0.1, 0.15) is 45.7 Å². The molecular weight excluding hydrogens is 250 g/mol. The molecule has 0 saturated heterocycles. The fraction of sp³-hybridized carbons (Fsp3) is 0.588. The van der Waals surface area contributed by atoms with Gasteiger partial charge in [-0.05, 0) is 28.9 Å². The number of nitrogens with two attached hydrogens (primary N) is 1. The molecule has 0 bridgehead atoms.